The maximum absolute atomic E-state index is 12.4. The number of rotatable bonds is 3. The van der Waals surface area contributed by atoms with Gasteiger partial charge in [-0.25, -0.2) is 0 Å². The Bertz CT molecular complexity index is 294. The SMILES string of the molecule is CC(=N)CC(=O)OC1CCC(C(F)(F)F)CC1. The second-order valence-corrected chi connectivity index (χ2v) is 4.46. The van der Waals surface area contributed by atoms with Crippen molar-refractivity contribution in [1.29, 1.82) is 5.41 Å². The maximum Gasteiger partial charge on any atom is 0.391 e. The first-order valence-electron chi connectivity index (χ1n) is 5.59. The van der Waals surface area contributed by atoms with E-state index in [4.69, 9.17) is 10.1 Å². The molecular weight excluding hydrogens is 235 g/mol. The van der Waals surface area contributed by atoms with Crippen molar-refractivity contribution < 1.29 is 22.7 Å². The van der Waals surface area contributed by atoms with E-state index in [1.807, 2.05) is 0 Å². The summed E-state index contributed by atoms with van der Waals surface area (Å²) in [5, 5.41) is 7.11. The quantitative estimate of drug-likeness (QED) is 0.619. The van der Waals surface area contributed by atoms with E-state index < -0.39 is 24.2 Å². The van der Waals surface area contributed by atoms with Gasteiger partial charge >= 0.3 is 12.1 Å². The van der Waals surface area contributed by atoms with Gasteiger partial charge in [0.25, 0.3) is 0 Å². The number of carbonyl (C=O) groups excluding carboxylic acids is 1. The highest BCUT2D eigenvalue weighted by Gasteiger charge is 2.41. The minimum absolute atomic E-state index is 0.0189. The normalized spacial score (nSPS) is 25.4. The van der Waals surface area contributed by atoms with Gasteiger partial charge in [0.05, 0.1) is 12.3 Å². The van der Waals surface area contributed by atoms with Crippen molar-refractivity contribution in [2.75, 3.05) is 0 Å². The Morgan fingerprint density at radius 1 is 1.29 bits per heavy atom. The van der Waals surface area contributed by atoms with Crippen LogP contribution < -0.4 is 0 Å². The molecule has 0 spiro atoms. The topological polar surface area (TPSA) is 50.2 Å². The van der Waals surface area contributed by atoms with Gasteiger partial charge in [-0.2, -0.15) is 13.2 Å². The van der Waals surface area contributed by atoms with Gasteiger partial charge in [0, 0.05) is 5.71 Å². The van der Waals surface area contributed by atoms with Gasteiger partial charge in [-0.3, -0.25) is 4.79 Å². The zero-order chi connectivity index (χ0) is 13.1. The molecule has 1 saturated carbocycles. The molecule has 0 aromatic rings. The predicted octanol–water partition coefficient (Wildman–Crippen LogP) is 3.08. The van der Waals surface area contributed by atoms with Crippen LogP contribution >= 0.6 is 0 Å². The van der Waals surface area contributed by atoms with Crippen LogP contribution in [0.15, 0.2) is 0 Å². The lowest BCUT2D eigenvalue weighted by Gasteiger charge is -2.29. The summed E-state index contributed by atoms with van der Waals surface area (Å²) in [6.45, 7) is 1.49. The molecular formula is C11H16F3NO2. The van der Waals surface area contributed by atoms with Crippen LogP contribution in [0.3, 0.4) is 0 Å². The van der Waals surface area contributed by atoms with E-state index in [0.717, 1.165) is 0 Å². The Kier molecular flexibility index (Phi) is 4.54. The van der Waals surface area contributed by atoms with Crippen LogP contribution in [0.5, 0.6) is 0 Å². The van der Waals surface area contributed by atoms with Crippen molar-refractivity contribution >= 4 is 11.7 Å². The molecule has 1 rings (SSSR count). The van der Waals surface area contributed by atoms with Gasteiger partial charge in [0.1, 0.15) is 6.10 Å². The van der Waals surface area contributed by atoms with Crippen LogP contribution in [0.4, 0.5) is 13.2 Å². The Morgan fingerprint density at radius 2 is 1.82 bits per heavy atom. The summed E-state index contributed by atoms with van der Waals surface area (Å²) in [7, 11) is 0. The molecule has 0 aliphatic heterocycles. The van der Waals surface area contributed by atoms with Crippen molar-refractivity contribution in [1.82, 2.24) is 0 Å². The number of alkyl halides is 3. The van der Waals surface area contributed by atoms with Gasteiger partial charge in [-0.1, -0.05) is 0 Å². The van der Waals surface area contributed by atoms with Gasteiger partial charge in [-0.15, -0.1) is 0 Å². The number of ether oxygens (including phenoxy) is 1. The minimum Gasteiger partial charge on any atom is -0.462 e. The molecule has 1 N–H and O–H groups in total. The first kappa shape index (κ1) is 14.0. The van der Waals surface area contributed by atoms with E-state index in [1.165, 1.54) is 6.92 Å². The molecule has 0 bridgehead atoms. The Labute approximate surface area is 97.8 Å². The molecule has 0 heterocycles. The van der Waals surface area contributed by atoms with E-state index in [-0.39, 0.29) is 37.8 Å². The molecule has 0 unspecified atom stereocenters. The van der Waals surface area contributed by atoms with Gasteiger partial charge in [0.2, 0.25) is 0 Å². The second-order valence-electron chi connectivity index (χ2n) is 4.46. The largest absolute Gasteiger partial charge is 0.462 e. The van der Waals surface area contributed by atoms with Crippen LogP contribution in [0.25, 0.3) is 0 Å². The summed E-state index contributed by atoms with van der Waals surface area (Å²) in [5.41, 5.74) is 0.193. The molecule has 1 aliphatic rings. The third kappa shape index (κ3) is 4.75. The van der Waals surface area contributed by atoms with Crippen LogP contribution in [-0.2, 0) is 9.53 Å². The predicted molar refractivity (Wildman–Crippen MR) is 55.9 cm³/mol. The molecule has 98 valence electrons. The standard InChI is InChI=1S/C11H16F3NO2/c1-7(15)6-10(16)17-9-4-2-8(3-5-9)11(12,13)14/h8-9,15H,2-6H2,1H3. The Morgan fingerprint density at radius 3 is 2.24 bits per heavy atom. The molecule has 1 aliphatic carbocycles. The highest BCUT2D eigenvalue weighted by atomic mass is 19.4. The summed E-state index contributed by atoms with van der Waals surface area (Å²) in [6, 6.07) is 0. The Hall–Kier alpha value is -1.07. The second kappa shape index (κ2) is 5.51. The lowest BCUT2D eigenvalue weighted by molar-refractivity contribution is -0.188. The van der Waals surface area contributed by atoms with Crippen molar-refractivity contribution in [3.8, 4) is 0 Å². The molecule has 3 nitrogen and oxygen atoms in total. The number of hydrogen-bond acceptors (Lipinski definition) is 3. The lowest BCUT2D eigenvalue weighted by Crippen LogP contribution is -2.31. The first-order valence-corrected chi connectivity index (χ1v) is 5.59. The summed E-state index contributed by atoms with van der Waals surface area (Å²) >= 11 is 0. The van der Waals surface area contributed by atoms with Gasteiger partial charge in [0.15, 0.2) is 0 Å². The number of nitrogens with one attached hydrogen (secondary N) is 1. The summed E-state index contributed by atoms with van der Waals surface area (Å²) in [5.74, 6) is -1.78. The summed E-state index contributed by atoms with van der Waals surface area (Å²) in [4.78, 5) is 11.2. The van der Waals surface area contributed by atoms with E-state index >= 15 is 0 Å². The van der Waals surface area contributed by atoms with Crippen LogP contribution in [0, 0.1) is 11.3 Å². The molecule has 0 aromatic carbocycles. The average Bonchev–Trinajstić information content (AvgIpc) is 2.15. The molecule has 0 atom stereocenters. The van der Waals surface area contributed by atoms with Gasteiger partial charge < -0.3 is 10.1 Å². The molecule has 0 saturated heterocycles. The van der Waals surface area contributed by atoms with E-state index in [1.54, 1.807) is 0 Å². The highest BCUT2D eigenvalue weighted by molar-refractivity contribution is 5.95. The zero-order valence-electron chi connectivity index (χ0n) is 9.64. The molecule has 6 heteroatoms. The van der Waals surface area contributed by atoms with Crippen molar-refractivity contribution in [2.45, 2.75) is 51.3 Å². The molecule has 1 fully saturated rings. The monoisotopic (exact) mass is 251 g/mol. The van der Waals surface area contributed by atoms with Crippen molar-refractivity contribution in [3.05, 3.63) is 0 Å². The first-order chi connectivity index (χ1) is 7.79. The lowest BCUT2D eigenvalue weighted by atomic mass is 9.87. The Balaban J connectivity index is 2.33. The van der Waals surface area contributed by atoms with E-state index in [9.17, 15) is 18.0 Å². The smallest absolute Gasteiger partial charge is 0.391 e. The van der Waals surface area contributed by atoms with Crippen LogP contribution in [-0.4, -0.2) is 24.0 Å². The fraction of sp³-hybridized carbons (Fsp3) is 0.818. The van der Waals surface area contributed by atoms with E-state index in [2.05, 4.69) is 0 Å². The number of halogens is 3. The fourth-order valence-electron chi connectivity index (χ4n) is 1.95. The molecule has 0 radical (unpaired) electrons. The maximum atomic E-state index is 12.4. The highest BCUT2D eigenvalue weighted by Crippen LogP contribution is 2.38. The third-order valence-corrected chi connectivity index (χ3v) is 2.84. The van der Waals surface area contributed by atoms with Crippen molar-refractivity contribution in [3.63, 3.8) is 0 Å². The number of esters is 1. The molecule has 0 amide bonds. The molecule has 17 heavy (non-hydrogen) atoms. The molecule has 0 aromatic heterocycles. The van der Waals surface area contributed by atoms with Crippen LogP contribution in [0.2, 0.25) is 0 Å². The average molecular weight is 251 g/mol. The summed E-state index contributed by atoms with van der Waals surface area (Å²) < 4.78 is 42.1. The summed E-state index contributed by atoms with van der Waals surface area (Å²) in [6.07, 6.45) is -4.09. The minimum atomic E-state index is -4.14. The van der Waals surface area contributed by atoms with Crippen LogP contribution in [0.1, 0.15) is 39.0 Å². The zero-order valence-corrected chi connectivity index (χ0v) is 9.64. The third-order valence-electron chi connectivity index (χ3n) is 2.84. The van der Waals surface area contributed by atoms with Crippen molar-refractivity contribution in [2.24, 2.45) is 5.92 Å². The fourth-order valence-corrected chi connectivity index (χ4v) is 1.95. The number of carbonyl (C=O) groups is 1. The van der Waals surface area contributed by atoms with Gasteiger partial charge in [-0.05, 0) is 32.6 Å². The number of hydrogen-bond donors (Lipinski definition) is 1. The van der Waals surface area contributed by atoms with E-state index in [0.29, 0.717) is 0 Å².